The van der Waals surface area contributed by atoms with Gasteiger partial charge in [-0.25, -0.2) is 4.98 Å². The van der Waals surface area contributed by atoms with Gasteiger partial charge >= 0.3 is 5.97 Å². The second-order valence-electron chi connectivity index (χ2n) is 7.20. The molecule has 3 heterocycles. The molecule has 0 aromatic carbocycles. The number of aliphatic carboxylic acids is 1. The van der Waals surface area contributed by atoms with E-state index in [2.05, 4.69) is 27.8 Å². The molecular weight excluding hydrogens is 332 g/mol. The predicted octanol–water partition coefficient (Wildman–Crippen LogP) is 1.29. The molecule has 0 aliphatic carbocycles. The van der Waals surface area contributed by atoms with E-state index < -0.39 is 5.97 Å². The first-order valence-corrected chi connectivity index (χ1v) is 9.56. The third-order valence-corrected chi connectivity index (χ3v) is 5.11. The molecule has 0 radical (unpaired) electrons. The number of aryl methyl sites for hydroxylation is 2. The molecule has 7 heteroatoms. The first kappa shape index (κ1) is 18.6. The first-order valence-electron chi connectivity index (χ1n) is 9.56. The number of unbranched alkanes of at least 4 members (excludes halogenated alkanes) is 1. The smallest absolute Gasteiger partial charge is 0.317 e. The Labute approximate surface area is 154 Å². The quantitative estimate of drug-likeness (QED) is 0.605. The molecule has 1 amide bonds. The summed E-state index contributed by atoms with van der Waals surface area (Å²) in [6, 6.07) is 4.29. The average Bonchev–Trinajstić information content (AvgIpc) is 3.09. The van der Waals surface area contributed by atoms with Gasteiger partial charge in [-0.05, 0) is 56.7 Å². The van der Waals surface area contributed by atoms with Crippen LogP contribution in [0.2, 0.25) is 0 Å². The van der Waals surface area contributed by atoms with Crippen LogP contribution >= 0.6 is 0 Å². The highest BCUT2D eigenvalue weighted by Crippen LogP contribution is 2.20. The Morgan fingerprint density at radius 3 is 3.08 bits per heavy atom. The molecule has 2 aliphatic rings. The molecule has 1 saturated heterocycles. The minimum absolute atomic E-state index is 0.0203. The topological polar surface area (TPSA) is 94.6 Å². The summed E-state index contributed by atoms with van der Waals surface area (Å²) in [7, 11) is 0. The maximum absolute atomic E-state index is 12.2. The van der Waals surface area contributed by atoms with Crippen molar-refractivity contribution in [3.8, 4) is 0 Å². The highest BCUT2D eigenvalue weighted by atomic mass is 16.4. The van der Waals surface area contributed by atoms with Crippen LogP contribution < -0.4 is 10.6 Å². The van der Waals surface area contributed by atoms with Crippen molar-refractivity contribution in [3.63, 3.8) is 0 Å². The minimum Gasteiger partial charge on any atom is -0.480 e. The Morgan fingerprint density at radius 2 is 2.23 bits per heavy atom. The van der Waals surface area contributed by atoms with Crippen molar-refractivity contribution in [2.75, 3.05) is 38.0 Å². The van der Waals surface area contributed by atoms with Gasteiger partial charge in [0.1, 0.15) is 5.82 Å². The number of aromatic nitrogens is 1. The van der Waals surface area contributed by atoms with Crippen LogP contribution in [0.4, 0.5) is 5.82 Å². The van der Waals surface area contributed by atoms with Gasteiger partial charge in [-0.2, -0.15) is 0 Å². The largest absolute Gasteiger partial charge is 0.480 e. The van der Waals surface area contributed by atoms with Crippen molar-refractivity contribution in [1.29, 1.82) is 0 Å². The molecular formula is C19H28N4O3. The van der Waals surface area contributed by atoms with Crippen LogP contribution in [0.3, 0.4) is 0 Å². The van der Waals surface area contributed by atoms with Crippen LogP contribution in [0.25, 0.3) is 0 Å². The van der Waals surface area contributed by atoms with Crippen LogP contribution in [0, 0.1) is 5.92 Å². The van der Waals surface area contributed by atoms with Crippen LogP contribution in [0.15, 0.2) is 12.1 Å². The van der Waals surface area contributed by atoms with Gasteiger partial charge < -0.3 is 15.7 Å². The van der Waals surface area contributed by atoms with Gasteiger partial charge in [0, 0.05) is 25.3 Å². The number of carboxylic acid groups (broad SMARTS) is 1. The summed E-state index contributed by atoms with van der Waals surface area (Å²) >= 11 is 0. The number of carbonyl (C=O) groups is 2. The minimum atomic E-state index is -0.836. The highest BCUT2D eigenvalue weighted by molar-refractivity contribution is 5.79. The zero-order valence-electron chi connectivity index (χ0n) is 15.2. The molecule has 0 saturated carbocycles. The van der Waals surface area contributed by atoms with Crippen molar-refractivity contribution in [2.24, 2.45) is 5.92 Å². The van der Waals surface area contributed by atoms with E-state index in [-0.39, 0.29) is 18.4 Å². The second kappa shape index (κ2) is 8.98. The van der Waals surface area contributed by atoms with Crippen molar-refractivity contribution in [2.45, 2.75) is 38.5 Å². The number of hydrogen-bond acceptors (Lipinski definition) is 5. The van der Waals surface area contributed by atoms with Crippen LogP contribution in [-0.2, 0) is 22.4 Å². The van der Waals surface area contributed by atoms with Crippen molar-refractivity contribution < 1.29 is 14.7 Å². The lowest BCUT2D eigenvalue weighted by Crippen LogP contribution is -2.34. The Morgan fingerprint density at radius 1 is 1.35 bits per heavy atom. The summed E-state index contributed by atoms with van der Waals surface area (Å²) in [4.78, 5) is 29.4. The molecule has 3 rings (SSSR count). The normalized spacial score (nSPS) is 19.6. The summed E-state index contributed by atoms with van der Waals surface area (Å²) in [5.74, 6) is 0.169. The van der Waals surface area contributed by atoms with Gasteiger partial charge in [-0.1, -0.05) is 6.07 Å². The summed E-state index contributed by atoms with van der Waals surface area (Å²) in [5.41, 5.74) is 2.41. The number of nitrogens with zero attached hydrogens (tertiary/aromatic N) is 2. The number of likely N-dealkylation sites (tertiary alicyclic amines) is 1. The predicted molar refractivity (Wildman–Crippen MR) is 99.2 cm³/mol. The third-order valence-electron chi connectivity index (χ3n) is 5.11. The number of carboxylic acids is 1. The lowest BCUT2D eigenvalue weighted by molar-refractivity contribution is -0.138. The molecule has 2 aliphatic heterocycles. The molecule has 1 aromatic rings. The summed E-state index contributed by atoms with van der Waals surface area (Å²) in [6.45, 7) is 2.91. The Bertz CT molecular complexity index is 650. The highest BCUT2D eigenvalue weighted by Gasteiger charge is 2.28. The van der Waals surface area contributed by atoms with Gasteiger partial charge in [0.25, 0.3) is 0 Å². The number of fused-ring (bicyclic) bond motifs is 1. The zero-order chi connectivity index (χ0) is 18.4. The lowest BCUT2D eigenvalue weighted by atomic mass is 10.1. The van der Waals surface area contributed by atoms with E-state index in [1.165, 1.54) is 12.0 Å². The molecule has 1 aromatic heterocycles. The number of nitrogens with one attached hydrogen (secondary N) is 2. The van der Waals surface area contributed by atoms with Gasteiger partial charge in [-0.3, -0.25) is 14.5 Å². The molecule has 1 atom stereocenters. The van der Waals surface area contributed by atoms with E-state index in [9.17, 15) is 9.59 Å². The maximum atomic E-state index is 12.2. The second-order valence-corrected chi connectivity index (χ2v) is 7.20. The van der Waals surface area contributed by atoms with E-state index >= 15 is 0 Å². The van der Waals surface area contributed by atoms with E-state index in [0.29, 0.717) is 19.6 Å². The molecule has 3 N–H and O–H groups in total. The number of rotatable bonds is 8. The fourth-order valence-corrected chi connectivity index (χ4v) is 3.68. The Kier molecular flexibility index (Phi) is 6.44. The van der Waals surface area contributed by atoms with Crippen molar-refractivity contribution >= 4 is 17.7 Å². The standard InChI is InChI=1S/C19H28N4O3/c24-17(25)13-23-11-8-15(12-23)19(26)21-9-2-1-5-16-7-6-14-4-3-10-20-18(14)22-16/h6-7,15H,1-5,8-13H2,(H,20,22)(H,21,26)(H,24,25)/t15-/m1/s1. The molecule has 1 fully saturated rings. The Hall–Kier alpha value is -2.15. The molecule has 142 valence electrons. The lowest BCUT2D eigenvalue weighted by Gasteiger charge is -2.17. The summed E-state index contributed by atoms with van der Waals surface area (Å²) in [6.07, 6.45) is 5.84. The van der Waals surface area contributed by atoms with Crippen LogP contribution in [-0.4, -0.2) is 59.6 Å². The molecule has 0 unspecified atom stereocenters. The average molecular weight is 360 g/mol. The molecule has 26 heavy (non-hydrogen) atoms. The van der Waals surface area contributed by atoms with Crippen LogP contribution in [0.1, 0.15) is 36.9 Å². The summed E-state index contributed by atoms with van der Waals surface area (Å²) in [5, 5.41) is 15.2. The van der Waals surface area contributed by atoms with E-state index in [1.54, 1.807) is 0 Å². The van der Waals surface area contributed by atoms with Crippen LogP contribution in [0.5, 0.6) is 0 Å². The number of amides is 1. The number of carbonyl (C=O) groups excluding carboxylic acids is 1. The van der Waals surface area contributed by atoms with E-state index in [0.717, 1.165) is 50.2 Å². The third kappa shape index (κ3) is 5.17. The monoisotopic (exact) mass is 360 g/mol. The molecule has 0 bridgehead atoms. The van der Waals surface area contributed by atoms with Gasteiger partial charge in [0.15, 0.2) is 0 Å². The van der Waals surface area contributed by atoms with E-state index in [1.807, 2.05) is 4.90 Å². The number of pyridine rings is 1. The first-order chi connectivity index (χ1) is 12.6. The molecule has 0 spiro atoms. The Balaban J connectivity index is 1.32. The number of hydrogen-bond donors (Lipinski definition) is 3. The maximum Gasteiger partial charge on any atom is 0.317 e. The van der Waals surface area contributed by atoms with Gasteiger partial charge in [-0.15, -0.1) is 0 Å². The van der Waals surface area contributed by atoms with Gasteiger partial charge in [0.2, 0.25) is 5.91 Å². The fraction of sp³-hybridized carbons (Fsp3) is 0.632. The SMILES string of the molecule is O=C(O)CN1CC[C@@H](C(=O)NCCCCc2ccc3c(n2)NCCC3)C1. The van der Waals surface area contributed by atoms with Crippen molar-refractivity contribution in [1.82, 2.24) is 15.2 Å². The van der Waals surface area contributed by atoms with E-state index in [4.69, 9.17) is 5.11 Å². The van der Waals surface area contributed by atoms with Crippen molar-refractivity contribution in [3.05, 3.63) is 23.4 Å². The number of anilines is 1. The molecule has 7 nitrogen and oxygen atoms in total. The zero-order valence-corrected chi connectivity index (χ0v) is 15.2. The van der Waals surface area contributed by atoms with Gasteiger partial charge in [0.05, 0.1) is 12.5 Å². The summed E-state index contributed by atoms with van der Waals surface area (Å²) < 4.78 is 0. The fourth-order valence-electron chi connectivity index (χ4n) is 3.68.